The lowest BCUT2D eigenvalue weighted by molar-refractivity contribution is -0.190. The highest BCUT2D eigenvalue weighted by atomic mass is 31.2. The largest absolute Gasteiger partial charge is 0.480 e. The molecule has 17 heteroatoms. The summed E-state index contributed by atoms with van der Waals surface area (Å²) in [7, 11) is -8.22. The average molecular weight is 521 g/mol. The molecule has 0 aliphatic rings. The Labute approximate surface area is 190 Å². The minimum atomic E-state index is -4.99. The standard InChI is InChI=1S/C16H29NO14P2/c1-5-8-9-27-14(21)15(30-13(20)11-32(23,28-6-2)29-7-3)31-16(22)17(10-12(18)19)33(24,25)26-4/h15H,5-11H2,1-4H3,(H,18,19)(H,24,25). The highest BCUT2D eigenvalue weighted by Crippen LogP contribution is 2.48. The van der Waals surface area contributed by atoms with Crippen LogP contribution in [0.4, 0.5) is 4.79 Å². The molecule has 0 saturated heterocycles. The number of amides is 1. The molecule has 0 spiro atoms. The maximum atomic E-state index is 12.5. The van der Waals surface area contributed by atoms with Gasteiger partial charge in [-0.1, -0.05) is 13.3 Å². The first-order chi connectivity index (χ1) is 15.4. The SMILES string of the molecule is CCCCOC(=O)C(OC(=O)CP(=O)(OCC)OCC)OC(=O)N(CC(=O)O)P(=O)(O)OC. The Hall–Kier alpha value is -2.02. The fourth-order valence-corrected chi connectivity index (χ4v) is 4.16. The van der Waals surface area contributed by atoms with Gasteiger partial charge < -0.3 is 33.3 Å². The smallest absolute Gasteiger partial charge is 0.437 e. The number of carbonyl (C=O) groups is 4. The molecule has 0 heterocycles. The topological polar surface area (TPSA) is 201 Å². The van der Waals surface area contributed by atoms with Crippen molar-refractivity contribution >= 4 is 39.3 Å². The first kappa shape index (κ1) is 31.0. The number of ether oxygens (including phenoxy) is 3. The number of hydrogen-bond donors (Lipinski definition) is 2. The van der Waals surface area contributed by atoms with E-state index in [0.29, 0.717) is 12.8 Å². The van der Waals surface area contributed by atoms with E-state index in [1.165, 1.54) is 13.8 Å². The second kappa shape index (κ2) is 15.0. The Morgan fingerprint density at radius 2 is 1.58 bits per heavy atom. The van der Waals surface area contributed by atoms with Crippen molar-refractivity contribution in [2.75, 3.05) is 39.6 Å². The third-order valence-corrected chi connectivity index (χ3v) is 6.73. The van der Waals surface area contributed by atoms with Gasteiger partial charge in [0.05, 0.1) is 19.8 Å². The van der Waals surface area contributed by atoms with Gasteiger partial charge in [-0.15, -0.1) is 0 Å². The summed E-state index contributed by atoms with van der Waals surface area (Å²) in [5.74, 6) is -4.45. The Balaban J connectivity index is 5.68. The van der Waals surface area contributed by atoms with Crippen LogP contribution in [-0.2, 0) is 51.3 Å². The van der Waals surface area contributed by atoms with Crippen molar-refractivity contribution < 1.29 is 66.1 Å². The van der Waals surface area contributed by atoms with Crippen LogP contribution < -0.4 is 0 Å². The van der Waals surface area contributed by atoms with Crippen molar-refractivity contribution in [3.05, 3.63) is 0 Å². The highest BCUT2D eigenvalue weighted by molar-refractivity contribution is 7.54. The van der Waals surface area contributed by atoms with E-state index in [-0.39, 0.29) is 24.5 Å². The molecule has 0 aliphatic carbocycles. The lowest BCUT2D eigenvalue weighted by atomic mass is 10.4. The molecule has 0 saturated carbocycles. The lowest BCUT2D eigenvalue weighted by Gasteiger charge is -2.25. The molecule has 0 fully saturated rings. The number of carbonyl (C=O) groups excluding carboxylic acids is 3. The number of hydrogen-bond acceptors (Lipinski definition) is 12. The molecule has 0 aliphatic heterocycles. The van der Waals surface area contributed by atoms with Crippen LogP contribution in [0, 0.1) is 0 Å². The number of rotatable bonds is 16. The molecule has 0 aromatic rings. The molecule has 192 valence electrons. The zero-order chi connectivity index (χ0) is 25.7. The van der Waals surface area contributed by atoms with E-state index in [4.69, 9.17) is 23.6 Å². The molecule has 0 radical (unpaired) electrons. The summed E-state index contributed by atoms with van der Waals surface area (Å²) in [6.45, 7) is 3.13. The van der Waals surface area contributed by atoms with E-state index < -0.39 is 58.3 Å². The Kier molecular flexibility index (Phi) is 14.1. The van der Waals surface area contributed by atoms with Crippen LogP contribution >= 0.6 is 15.3 Å². The number of carboxylic acid groups (broad SMARTS) is 1. The van der Waals surface area contributed by atoms with Gasteiger partial charge in [0, 0.05) is 7.11 Å². The summed E-state index contributed by atoms with van der Waals surface area (Å²) in [5, 5.41) is 8.88. The van der Waals surface area contributed by atoms with E-state index in [2.05, 4.69) is 9.26 Å². The Bertz CT molecular complexity index is 762. The molecule has 2 atom stereocenters. The average Bonchev–Trinajstić information content (AvgIpc) is 2.71. The van der Waals surface area contributed by atoms with Crippen LogP contribution in [0.1, 0.15) is 33.6 Å². The van der Waals surface area contributed by atoms with Gasteiger partial charge in [-0.25, -0.2) is 18.8 Å². The predicted molar refractivity (Wildman–Crippen MR) is 109 cm³/mol. The van der Waals surface area contributed by atoms with Gasteiger partial charge in [0.15, 0.2) is 0 Å². The highest BCUT2D eigenvalue weighted by Gasteiger charge is 2.40. The van der Waals surface area contributed by atoms with E-state index in [1.807, 2.05) is 0 Å². The zero-order valence-corrected chi connectivity index (χ0v) is 20.5. The predicted octanol–water partition coefficient (Wildman–Crippen LogP) is 1.74. The van der Waals surface area contributed by atoms with E-state index in [1.54, 1.807) is 6.92 Å². The fourth-order valence-electron chi connectivity index (χ4n) is 1.98. The van der Waals surface area contributed by atoms with Crippen molar-refractivity contribution in [2.45, 2.75) is 39.9 Å². The molecule has 2 N–H and O–H groups in total. The first-order valence-corrected chi connectivity index (χ1v) is 12.9. The summed E-state index contributed by atoms with van der Waals surface area (Å²) in [6, 6.07) is 0. The molecule has 1 amide bonds. The lowest BCUT2D eigenvalue weighted by Crippen LogP contribution is -2.41. The summed E-state index contributed by atoms with van der Waals surface area (Å²) >= 11 is 0. The van der Waals surface area contributed by atoms with Crippen molar-refractivity contribution in [1.29, 1.82) is 0 Å². The van der Waals surface area contributed by atoms with Crippen molar-refractivity contribution in [2.24, 2.45) is 0 Å². The Morgan fingerprint density at radius 3 is 2.03 bits per heavy atom. The van der Waals surface area contributed by atoms with Crippen LogP contribution in [0.3, 0.4) is 0 Å². The first-order valence-electron chi connectivity index (χ1n) is 9.68. The van der Waals surface area contributed by atoms with Crippen LogP contribution in [0.15, 0.2) is 0 Å². The van der Waals surface area contributed by atoms with Crippen LogP contribution in [0.5, 0.6) is 0 Å². The van der Waals surface area contributed by atoms with Gasteiger partial charge in [-0.3, -0.25) is 18.7 Å². The maximum Gasteiger partial charge on any atom is 0.437 e. The molecule has 0 rings (SSSR count). The molecule has 0 aromatic carbocycles. The van der Waals surface area contributed by atoms with Gasteiger partial charge >= 0.3 is 45.6 Å². The minimum Gasteiger partial charge on any atom is -0.480 e. The Morgan fingerprint density at radius 1 is 1.00 bits per heavy atom. The van der Waals surface area contributed by atoms with Crippen LogP contribution in [-0.4, -0.2) is 84.6 Å². The van der Waals surface area contributed by atoms with Crippen LogP contribution in [0.25, 0.3) is 0 Å². The molecular formula is C16H29NO14P2. The summed E-state index contributed by atoms with van der Waals surface area (Å²) in [6.07, 6.45) is -4.19. The van der Waals surface area contributed by atoms with Gasteiger partial charge in [0.25, 0.3) is 0 Å². The number of nitrogens with zero attached hydrogens (tertiary/aromatic N) is 1. The second-order valence-electron chi connectivity index (χ2n) is 5.96. The monoisotopic (exact) mass is 521 g/mol. The maximum absolute atomic E-state index is 12.5. The summed E-state index contributed by atoms with van der Waals surface area (Å²) in [5.41, 5.74) is 0. The van der Waals surface area contributed by atoms with Gasteiger partial charge in [0.2, 0.25) is 0 Å². The third kappa shape index (κ3) is 11.6. The van der Waals surface area contributed by atoms with Crippen molar-refractivity contribution in [3.8, 4) is 0 Å². The molecule has 33 heavy (non-hydrogen) atoms. The van der Waals surface area contributed by atoms with Gasteiger partial charge in [-0.2, -0.15) is 0 Å². The fraction of sp³-hybridized carbons (Fsp3) is 0.750. The number of carboxylic acids is 1. The van der Waals surface area contributed by atoms with Gasteiger partial charge in [-0.05, 0) is 20.3 Å². The quantitative estimate of drug-likeness (QED) is 0.129. The van der Waals surface area contributed by atoms with Crippen molar-refractivity contribution in [1.82, 2.24) is 4.67 Å². The summed E-state index contributed by atoms with van der Waals surface area (Å²) in [4.78, 5) is 57.5. The molecule has 15 nitrogen and oxygen atoms in total. The minimum absolute atomic E-state index is 0.0744. The zero-order valence-electron chi connectivity index (χ0n) is 18.7. The number of unbranched alkanes of at least 4 members (excludes halogenated alkanes) is 1. The molecular weight excluding hydrogens is 492 g/mol. The van der Waals surface area contributed by atoms with Gasteiger partial charge in [0.1, 0.15) is 12.7 Å². The number of esters is 2. The third-order valence-electron chi connectivity index (χ3n) is 3.39. The number of aliphatic carboxylic acids is 1. The van der Waals surface area contributed by atoms with E-state index in [9.17, 15) is 33.2 Å². The summed E-state index contributed by atoms with van der Waals surface area (Å²) < 4.78 is 52.5. The van der Waals surface area contributed by atoms with E-state index >= 15 is 0 Å². The second-order valence-corrected chi connectivity index (χ2v) is 9.84. The van der Waals surface area contributed by atoms with E-state index in [0.717, 1.165) is 7.11 Å². The van der Waals surface area contributed by atoms with Crippen LogP contribution in [0.2, 0.25) is 0 Å². The van der Waals surface area contributed by atoms with Crippen molar-refractivity contribution in [3.63, 3.8) is 0 Å². The molecule has 0 bridgehead atoms. The molecule has 0 aromatic heterocycles. The normalized spacial score (nSPS) is 14.0. The molecule has 2 unspecified atom stereocenters.